The molecule has 0 heterocycles. The number of ether oxygens (including phenoxy) is 1. The number of amides is 2. The van der Waals surface area contributed by atoms with Crippen LogP contribution in [0, 0.1) is 5.82 Å². The zero-order chi connectivity index (χ0) is 18.4. The Balaban J connectivity index is 1.93. The summed E-state index contributed by atoms with van der Waals surface area (Å²) in [4.78, 5) is 23.1. The third-order valence-corrected chi connectivity index (χ3v) is 3.73. The SMILES string of the molecule is COc1ccc(CCC(=O)Nc2ccc(NC(C)=O)c(Cl)c2)cc1F. The van der Waals surface area contributed by atoms with Crippen molar-refractivity contribution in [3.63, 3.8) is 0 Å². The van der Waals surface area contributed by atoms with Crippen molar-refractivity contribution in [2.24, 2.45) is 0 Å². The maximum Gasteiger partial charge on any atom is 0.224 e. The number of carbonyl (C=O) groups excluding carboxylic acids is 2. The van der Waals surface area contributed by atoms with Crippen molar-refractivity contribution in [3.8, 4) is 5.75 Å². The van der Waals surface area contributed by atoms with Crippen molar-refractivity contribution in [1.29, 1.82) is 0 Å². The zero-order valence-electron chi connectivity index (χ0n) is 13.9. The molecular weight excluding hydrogens is 347 g/mol. The molecule has 0 aliphatic carbocycles. The van der Waals surface area contributed by atoms with Crippen LogP contribution in [0.15, 0.2) is 36.4 Å². The van der Waals surface area contributed by atoms with Gasteiger partial charge in [-0.1, -0.05) is 17.7 Å². The molecule has 2 rings (SSSR count). The molecule has 0 atom stereocenters. The largest absolute Gasteiger partial charge is 0.494 e. The predicted molar refractivity (Wildman–Crippen MR) is 95.7 cm³/mol. The van der Waals surface area contributed by atoms with Crippen molar-refractivity contribution in [3.05, 3.63) is 52.8 Å². The van der Waals surface area contributed by atoms with Crippen molar-refractivity contribution >= 4 is 34.8 Å². The van der Waals surface area contributed by atoms with E-state index in [9.17, 15) is 14.0 Å². The Morgan fingerprint density at radius 3 is 2.52 bits per heavy atom. The Hall–Kier alpha value is -2.60. The molecule has 2 amide bonds. The Bertz CT molecular complexity index is 796. The number of anilines is 2. The second-order valence-electron chi connectivity index (χ2n) is 5.39. The summed E-state index contributed by atoms with van der Waals surface area (Å²) in [5.74, 6) is -0.743. The molecule has 2 aromatic rings. The van der Waals surface area contributed by atoms with Crippen LogP contribution in [0.3, 0.4) is 0 Å². The van der Waals surface area contributed by atoms with Crippen LogP contribution in [0.2, 0.25) is 5.02 Å². The van der Waals surface area contributed by atoms with E-state index in [1.807, 2.05) is 0 Å². The van der Waals surface area contributed by atoms with Gasteiger partial charge < -0.3 is 15.4 Å². The van der Waals surface area contributed by atoms with Crippen molar-refractivity contribution < 1.29 is 18.7 Å². The van der Waals surface area contributed by atoms with E-state index >= 15 is 0 Å². The summed E-state index contributed by atoms with van der Waals surface area (Å²) in [6, 6.07) is 9.40. The average Bonchev–Trinajstić information content (AvgIpc) is 2.55. The zero-order valence-corrected chi connectivity index (χ0v) is 14.6. The first-order valence-corrected chi connectivity index (χ1v) is 7.96. The molecule has 7 heteroatoms. The molecule has 0 aliphatic heterocycles. The van der Waals surface area contributed by atoms with Crippen LogP contribution in [0.25, 0.3) is 0 Å². The van der Waals surface area contributed by atoms with Crippen LogP contribution in [0.1, 0.15) is 18.9 Å². The molecule has 132 valence electrons. The van der Waals surface area contributed by atoms with Gasteiger partial charge in [0.05, 0.1) is 17.8 Å². The van der Waals surface area contributed by atoms with Crippen LogP contribution in [0.5, 0.6) is 5.75 Å². The average molecular weight is 365 g/mol. The lowest BCUT2D eigenvalue weighted by Crippen LogP contribution is -2.13. The number of hydrogen-bond donors (Lipinski definition) is 2. The summed E-state index contributed by atoms with van der Waals surface area (Å²) in [6.45, 7) is 1.38. The highest BCUT2D eigenvalue weighted by atomic mass is 35.5. The van der Waals surface area contributed by atoms with Gasteiger partial charge >= 0.3 is 0 Å². The van der Waals surface area contributed by atoms with E-state index in [0.717, 1.165) is 0 Å². The molecule has 0 fully saturated rings. The smallest absolute Gasteiger partial charge is 0.224 e. The maximum atomic E-state index is 13.6. The highest BCUT2D eigenvalue weighted by Crippen LogP contribution is 2.25. The first-order chi connectivity index (χ1) is 11.9. The number of methoxy groups -OCH3 is 1. The molecule has 0 unspecified atom stereocenters. The molecule has 2 N–H and O–H groups in total. The van der Waals surface area contributed by atoms with Crippen molar-refractivity contribution in [2.45, 2.75) is 19.8 Å². The van der Waals surface area contributed by atoms with E-state index in [1.54, 1.807) is 24.3 Å². The van der Waals surface area contributed by atoms with E-state index in [4.69, 9.17) is 16.3 Å². The maximum absolute atomic E-state index is 13.6. The topological polar surface area (TPSA) is 67.4 Å². The Labute approximate surface area is 150 Å². The van der Waals surface area contributed by atoms with Gasteiger partial charge in [-0.15, -0.1) is 0 Å². The van der Waals surface area contributed by atoms with E-state index in [1.165, 1.54) is 26.2 Å². The normalized spacial score (nSPS) is 10.2. The summed E-state index contributed by atoms with van der Waals surface area (Å²) in [6.07, 6.45) is 0.585. The standard InChI is InChI=1S/C18H18ClFN2O3/c1-11(23)21-16-6-5-13(10-14(16)19)22-18(24)8-4-12-3-7-17(25-2)15(20)9-12/h3,5-7,9-10H,4,8H2,1-2H3,(H,21,23)(H,22,24). The molecule has 0 radical (unpaired) electrons. The van der Waals surface area contributed by atoms with Gasteiger partial charge in [0.2, 0.25) is 11.8 Å². The van der Waals surface area contributed by atoms with Gasteiger partial charge in [0.15, 0.2) is 11.6 Å². The lowest BCUT2D eigenvalue weighted by Gasteiger charge is -2.09. The second kappa shape index (κ2) is 8.48. The summed E-state index contributed by atoms with van der Waals surface area (Å²) in [5, 5.41) is 5.63. The van der Waals surface area contributed by atoms with E-state index in [2.05, 4.69) is 10.6 Å². The molecule has 0 aliphatic rings. The lowest BCUT2D eigenvalue weighted by atomic mass is 10.1. The summed E-state index contributed by atoms with van der Waals surface area (Å²) < 4.78 is 18.5. The second-order valence-corrected chi connectivity index (χ2v) is 5.80. The molecule has 25 heavy (non-hydrogen) atoms. The Morgan fingerprint density at radius 1 is 1.16 bits per heavy atom. The fraction of sp³-hybridized carbons (Fsp3) is 0.222. The van der Waals surface area contributed by atoms with Gasteiger partial charge in [-0.05, 0) is 42.3 Å². The fourth-order valence-corrected chi connectivity index (χ4v) is 2.46. The number of nitrogens with one attached hydrogen (secondary N) is 2. The molecule has 0 spiro atoms. The van der Waals surface area contributed by atoms with Crippen molar-refractivity contribution in [2.75, 3.05) is 17.7 Å². The number of benzene rings is 2. The van der Waals surface area contributed by atoms with Crippen LogP contribution in [-0.2, 0) is 16.0 Å². The van der Waals surface area contributed by atoms with Crippen LogP contribution in [-0.4, -0.2) is 18.9 Å². The highest BCUT2D eigenvalue weighted by molar-refractivity contribution is 6.34. The molecule has 2 aromatic carbocycles. The van der Waals surface area contributed by atoms with Crippen LogP contribution >= 0.6 is 11.6 Å². The van der Waals surface area contributed by atoms with E-state index in [0.29, 0.717) is 28.4 Å². The van der Waals surface area contributed by atoms with E-state index in [-0.39, 0.29) is 24.0 Å². The van der Waals surface area contributed by atoms with Crippen LogP contribution in [0.4, 0.5) is 15.8 Å². The minimum atomic E-state index is -0.458. The quantitative estimate of drug-likeness (QED) is 0.813. The monoisotopic (exact) mass is 364 g/mol. The number of halogens is 2. The van der Waals surface area contributed by atoms with Gasteiger partial charge in [0.25, 0.3) is 0 Å². The minimum absolute atomic E-state index is 0.169. The molecule has 5 nitrogen and oxygen atoms in total. The third-order valence-electron chi connectivity index (χ3n) is 3.42. The Kier molecular flexibility index (Phi) is 6.36. The number of carbonyl (C=O) groups is 2. The first kappa shape index (κ1) is 18.7. The molecule has 0 aromatic heterocycles. The number of hydrogen-bond acceptors (Lipinski definition) is 3. The summed E-state index contributed by atoms with van der Waals surface area (Å²) >= 11 is 6.06. The van der Waals surface area contributed by atoms with Crippen molar-refractivity contribution in [1.82, 2.24) is 0 Å². The predicted octanol–water partition coefficient (Wildman–Crippen LogP) is 4.02. The molecule has 0 saturated heterocycles. The Morgan fingerprint density at radius 2 is 1.92 bits per heavy atom. The van der Waals surface area contributed by atoms with Gasteiger partial charge in [-0.3, -0.25) is 9.59 Å². The van der Waals surface area contributed by atoms with Gasteiger partial charge in [0, 0.05) is 19.0 Å². The summed E-state index contributed by atoms with van der Waals surface area (Å²) in [7, 11) is 1.40. The lowest BCUT2D eigenvalue weighted by molar-refractivity contribution is -0.116. The molecule has 0 saturated carbocycles. The van der Waals surface area contributed by atoms with E-state index < -0.39 is 5.82 Å². The molecule has 0 bridgehead atoms. The minimum Gasteiger partial charge on any atom is -0.494 e. The van der Waals surface area contributed by atoms with Gasteiger partial charge in [-0.25, -0.2) is 4.39 Å². The van der Waals surface area contributed by atoms with Gasteiger partial charge in [0.1, 0.15) is 0 Å². The van der Waals surface area contributed by atoms with Gasteiger partial charge in [-0.2, -0.15) is 0 Å². The highest BCUT2D eigenvalue weighted by Gasteiger charge is 2.08. The first-order valence-electron chi connectivity index (χ1n) is 7.58. The number of aryl methyl sites for hydroxylation is 1. The number of rotatable bonds is 6. The fourth-order valence-electron chi connectivity index (χ4n) is 2.23. The summed E-state index contributed by atoms with van der Waals surface area (Å²) in [5.41, 5.74) is 1.69. The van der Waals surface area contributed by atoms with Crippen LogP contribution < -0.4 is 15.4 Å². The third kappa shape index (κ3) is 5.46. The molecular formula is C18H18ClFN2O3.